The molecule has 1 aromatic rings. The zero-order valence-electron chi connectivity index (χ0n) is 14.5. The molecule has 0 amide bonds. The summed E-state index contributed by atoms with van der Waals surface area (Å²) in [4.78, 5) is 0. The van der Waals surface area contributed by atoms with E-state index in [1.165, 1.54) is 75.3 Å². The van der Waals surface area contributed by atoms with Crippen molar-refractivity contribution < 1.29 is 4.74 Å². The Labute approximate surface area is 136 Å². The molecule has 0 atom stereocenters. The van der Waals surface area contributed by atoms with Gasteiger partial charge in [0.25, 0.3) is 0 Å². The number of fused-ring (bicyclic) bond motifs is 1. The molecule has 1 nitrogen and oxygen atoms in total. The van der Waals surface area contributed by atoms with E-state index < -0.39 is 0 Å². The molecule has 0 heterocycles. The molecular weight excluding hydrogens is 268 g/mol. The second kappa shape index (κ2) is 9.71. The van der Waals surface area contributed by atoms with Gasteiger partial charge in [0.2, 0.25) is 0 Å². The molecule has 0 spiro atoms. The minimum absolute atomic E-state index is 0.856. The number of rotatable bonds is 9. The fourth-order valence-electron chi connectivity index (χ4n) is 3.20. The monoisotopic (exact) mass is 300 g/mol. The van der Waals surface area contributed by atoms with E-state index in [9.17, 15) is 0 Å². The predicted octanol–water partition coefficient (Wildman–Crippen LogP) is 6.30. The van der Waals surface area contributed by atoms with E-state index in [0.29, 0.717) is 0 Å². The Kier molecular flexibility index (Phi) is 7.56. The number of allylic oxidation sites excluding steroid dienone is 1. The van der Waals surface area contributed by atoms with E-state index in [2.05, 4.69) is 32.0 Å². The van der Waals surface area contributed by atoms with Gasteiger partial charge in [0, 0.05) is 0 Å². The maximum Gasteiger partial charge on any atom is 0.0873 e. The first-order valence-electron chi connectivity index (χ1n) is 9.22. The van der Waals surface area contributed by atoms with E-state index in [-0.39, 0.29) is 0 Å². The highest BCUT2D eigenvalue weighted by atomic mass is 16.5. The highest BCUT2D eigenvalue weighted by Crippen LogP contribution is 2.25. The normalized spacial score (nSPS) is 14.7. The highest BCUT2D eigenvalue weighted by molar-refractivity contribution is 5.64. The minimum atomic E-state index is 0.856. The van der Waals surface area contributed by atoms with Crippen molar-refractivity contribution in [2.45, 2.75) is 78.1 Å². The molecular formula is C21H32O. The van der Waals surface area contributed by atoms with Crippen molar-refractivity contribution in [2.75, 3.05) is 6.61 Å². The molecule has 0 aliphatic heterocycles. The Bertz CT molecular complexity index is 473. The number of hydrogen-bond acceptors (Lipinski definition) is 1. The fourth-order valence-corrected chi connectivity index (χ4v) is 3.20. The highest BCUT2D eigenvalue weighted by Gasteiger charge is 2.09. The summed E-state index contributed by atoms with van der Waals surface area (Å²) in [5, 5.41) is 0. The van der Waals surface area contributed by atoms with Crippen LogP contribution in [0, 0.1) is 0 Å². The fraction of sp³-hybridized carbons (Fsp3) is 0.619. The molecule has 0 unspecified atom stereocenters. The molecule has 122 valence electrons. The van der Waals surface area contributed by atoms with Gasteiger partial charge in [0.05, 0.1) is 12.9 Å². The van der Waals surface area contributed by atoms with E-state index in [1.807, 2.05) is 6.26 Å². The van der Waals surface area contributed by atoms with Crippen LogP contribution in [0.1, 0.15) is 81.9 Å². The summed E-state index contributed by atoms with van der Waals surface area (Å²) in [7, 11) is 0. The Morgan fingerprint density at radius 3 is 2.55 bits per heavy atom. The molecule has 1 aromatic carbocycles. The van der Waals surface area contributed by atoms with Crippen LogP contribution >= 0.6 is 0 Å². The third-order valence-corrected chi connectivity index (χ3v) is 4.68. The Morgan fingerprint density at radius 2 is 1.73 bits per heavy atom. The number of benzene rings is 1. The van der Waals surface area contributed by atoms with Crippen LogP contribution in [0.2, 0.25) is 0 Å². The van der Waals surface area contributed by atoms with E-state index in [0.717, 1.165) is 6.61 Å². The molecule has 2 rings (SSSR count). The Hall–Kier alpha value is -1.24. The molecule has 22 heavy (non-hydrogen) atoms. The number of ether oxygens (including phenoxy) is 1. The molecule has 1 heteroatoms. The van der Waals surface area contributed by atoms with Crippen molar-refractivity contribution in [1.82, 2.24) is 0 Å². The first kappa shape index (κ1) is 17.1. The second-order valence-electron chi connectivity index (χ2n) is 6.63. The van der Waals surface area contributed by atoms with Crippen LogP contribution in [-0.2, 0) is 17.6 Å². The lowest BCUT2D eigenvalue weighted by Crippen LogP contribution is -2.02. The molecule has 0 radical (unpaired) electrons. The largest absolute Gasteiger partial charge is 0.501 e. The molecule has 0 N–H and O–H groups in total. The van der Waals surface area contributed by atoms with Crippen molar-refractivity contribution in [3.8, 4) is 0 Å². The van der Waals surface area contributed by atoms with E-state index in [4.69, 9.17) is 4.74 Å². The van der Waals surface area contributed by atoms with Crippen LogP contribution in [0.5, 0.6) is 0 Å². The van der Waals surface area contributed by atoms with Crippen molar-refractivity contribution in [3.63, 3.8) is 0 Å². The zero-order chi connectivity index (χ0) is 15.6. The predicted molar refractivity (Wildman–Crippen MR) is 96.1 cm³/mol. The summed E-state index contributed by atoms with van der Waals surface area (Å²) in [5.74, 6) is 0. The van der Waals surface area contributed by atoms with Crippen LogP contribution in [0.25, 0.3) is 5.57 Å². The van der Waals surface area contributed by atoms with Crippen molar-refractivity contribution in [2.24, 2.45) is 0 Å². The summed E-state index contributed by atoms with van der Waals surface area (Å²) in [6.45, 7) is 5.28. The summed E-state index contributed by atoms with van der Waals surface area (Å²) < 4.78 is 5.74. The maximum absolute atomic E-state index is 5.74. The van der Waals surface area contributed by atoms with Gasteiger partial charge < -0.3 is 4.74 Å². The maximum atomic E-state index is 5.74. The zero-order valence-corrected chi connectivity index (χ0v) is 14.5. The van der Waals surface area contributed by atoms with Crippen LogP contribution < -0.4 is 0 Å². The molecule has 0 fully saturated rings. The third-order valence-electron chi connectivity index (χ3n) is 4.68. The quantitative estimate of drug-likeness (QED) is 0.384. The molecule has 0 bridgehead atoms. The first-order chi connectivity index (χ1) is 10.8. The van der Waals surface area contributed by atoms with Crippen LogP contribution in [0.4, 0.5) is 0 Å². The topological polar surface area (TPSA) is 9.23 Å². The van der Waals surface area contributed by atoms with Gasteiger partial charge in [-0.05, 0) is 61.3 Å². The standard InChI is InChI=1S/C21H32O/c1-3-4-5-6-7-10-15-22-17-18(2)20-14-13-19-11-8-9-12-21(19)16-20/h13-14,16-17H,3-12,15H2,1-2H3/b18-17+. The van der Waals surface area contributed by atoms with Gasteiger partial charge >= 0.3 is 0 Å². The van der Waals surface area contributed by atoms with Crippen molar-refractivity contribution in [3.05, 3.63) is 41.2 Å². The SMILES string of the molecule is CCCCCCCCO/C=C(\C)c1ccc2c(c1)CCCC2. The van der Waals surface area contributed by atoms with Crippen LogP contribution in [0.15, 0.2) is 24.5 Å². The van der Waals surface area contributed by atoms with Crippen LogP contribution in [-0.4, -0.2) is 6.61 Å². The molecule has 1 aliphatic rings. The molecule has 0 aromatic heterocycles. The minimum Gasteiger partial charge on any atom is -0.501 e. The van der Waals surface area contributed by atoms with Gasteiger partial charge in [-0.25, -0.2) is 0 Å². The summed E-state index contributed by atoms with van der Waals surface area (Å²) >= 11 is 0. The molecule has 0 saturated carbocycles. The lowest BCUT2D eigenvalue weighted by molar-refractivity contribution is 0.241. The lowest BCUT2D eigenvalue weighted by Gasteiger charge is -2.16. The average molecular weight is 300 g/mol. The second-order valence-corrected chi connectivity index (χ2v) is 6.63. The Balaban J connectivity index is 1.73. The van der Waals surface area contributed by atoms with E-state index in [1.54, 1.807) is 11.1 Å². The number of unbranched alkanes of at least 4 members (excludes halogenated alkanes) is 5. The van der Waals surface area contributed by atoms with Gasteiger partial charge in [-0.1, -0.05) is 57.2 Å². The van der Waals surface area contributed by atoms with Gasteiger partial charge in [0.1, 0.15) is 0 Å². The Morgan fingerprint density at radius 1 is 1.00 bits per heavy atom. The number of hydrogen-bond donors (Lipinski definition) is 0. The lowest BCUT2D eigenvalue weighted by atomic mass is 9.89. The third kappa shape index (κ3) is 5.51. The van der Waals surface area contributed by atoms with Gasteiger partial charge in [-0.2, -0.15) is 0 Å². The molecule has 0 saturated heterocycles. The number of aryl methyl sites for hydroxylation is 2. The van der Waals surface area contributed by atoms with Gasteiger partial charge in [0.15, 0.2) is 0 Å². The van der Waals surface area contributed by atoms with Gasteiger partial charge in [-0.3, -0.25) is 0 Å². The van der Waals surface area contributed by atoms with Gasteiger partial charge in [-0.15, -0.1) is 0 Å². The van der Waals surface area contributed by atoms with Crippen molar-refractivity contribution >= 4 is 5.57 Å². The first-order valence-corrected chi connectivity index (χ1v) is 9.22. The summed E-state index contributed by atoms with van der Waals surface area (Å²) in [6.07, 6.45) is 15.0. The van der Waals surface area contributed by atoms with Crippen LogP contribution in [0.3, 0.4) is 0 Å². The average Bonchev–Trinajstić information content (AvgIpc) is 2.56. The van der Waals surface area contributed by atoms with Crippen molar-refractivity contribution in [1.29, 1.82) is 0 Å². The van der Waals surface area contributed by atoms with E-state index >= 15 is 0 Å². The smallest absolute Gasteiger partial charge is 0.0873 e. The summed E-state index contributed by atoms with van der Waals surface area (Å²) in [5.41, 5.74) is 5.67. The molecule has 1 aliphatic carbocycles. The summed E-state index contributed by atoms with van der Waals surface area (Å²) in [6, 6.07) is 6.94.